The van der Waals surface area contributed by atoms with Crippen molar-refractivity contribution in [1.29, 1.82) is 0 Å². The number of benzene rings is 3. The first-order chi connectivity index (χ1) is 15.7. The fourth-order valence-corrected chi connectivity index (χ4v) is 4.31. The van der Waals surface area contributed by atoms with Crippen molar-refractivity contribution < 1.29 is 17.9 Å². The average Bonchev–Trinajstić information content (AvgIpc) is 2.78. The first kappa shape index (κ1) is 24.3. The van der Waals surface area contributed by atoms with E-state index in [1.807, 2.05) is 69.3 Å². The summed E-state index contributed by atoms with van der Waals surface area (Å²) in [5, 5.41) is 2.98. The second-order valence-electron chi connectivity index (χ2n) is 8.00. The Morgan fingerprint density at radius 2 is 1.58 bits per heavy atom. The third-order valence-corrected chi connectivity index (χ3v) is 6.44. The van der Waals surface area contributed by atoms with Crippen LogP contribution in [0, 0.1) is 6.92 Å². The number of carbonyl (C=O) groups excluding carboxylic acids is 1. The summed E-state index contributed by atoms with van der Waals surface area (Å²) in [5.74, 6) is 0.559. The van der Waals surface area contributed by atoms with Crippen LogP contribution < -0.4 is 14.4 Å². The molecule has 0 aliphatic heterocycles. The summed E-state index contributed by atoms with van der Waals surface area (Å²) in [5.41, 5.74) is 3.93. The topological polar surface area (TPSA) is 75.7 Å². The monoisotopic (exact) mass is 466 g/mol. The maximum absolute atomic E-state index is 12.7. The fraction of sp³-hybridized carbons (Fsp3) is 0.269. The van der Waals surface area contributed by atoms with Crippen LogP contribution in [0.15, 0.2) is 72.8 Å². The van der Waals surface area contributed by atoms with E-state index in [-0.39, 0.29) is 18.5 Å². The maximum Gasteiger partial charge on any atom is 0.251 e. The zero-order chi connectivity index (χ0) is 24.0. The van der Waals surface area contributed by atoms with Gasteiger partial charge in [0.2, 0.25) is 10.0 Å². The van der Waals surface area contributed by atoms with Gasteiger partial charge in [-0.15, -0.1) is 0 Å². The molecule has 1 amide bonds. The molecule has 0 saturated heterocycles. The lowest BCUT2D eigenvalue weighted by atomic mass is 10.1. The Kier molecular flexibility index (Phi) is 7.76. The zero-order valence-corrected chi connectivity index (χ0v) is 20.2. The van der Waals surface area contributed by atoms with Crippen LogP contribution in [0.3, 0.4) is 0 Å². The van der Waals surface area contributed by atoms with E-state index >= 15 is 0 Å². The lowest BCUT2D eigenvalue weighted by molar-refractivity contribution is 0.0940. The number of hydrogen-bond acceptors (Lipinski definition) is 4. The van der Waals surface area contributed by atoms with E-state index < -0.39 is 10.0 Å². The van der Waals surface area contributed by atoms with Gasteiger partial charge in [-0.05, 0) is 68.3 Å². The van der Waals surface area contributed by atoms with Crippen LogP contribution >= 0.6 is 0 Å². The number of nitrogens with one attached hydrogen (secondary N) is 1. The predicted molar refractivity (Wildman–Crippen MR) is 132 cm³/mol. The molecular weight excluding hydrogens is 436 g/mol. The van der Waals surface area contributed by atoms with Crippen molar-refractivity contribution in [3.63, 3.8) is 0 Å². The van der Waals surface area contributed by atoms with Gasteiger partial charge in [0.05, 0.1) is 31.1 Å². The number of hydrogen-bond donors (Lipinski definition) is 1. The molecule has 33 heavy (non-hydrogen) atoms. The first-order valence-corrected chi connectivity index (χ1v) is 12.7. The molecule has 0 aliphatic rings. The molecule has 3 aromatic carbocycles. The fourth-order valence-electron chi connectivity index (χ4n) is 3.42. The number of amides is 1. The van der Waals surface area contributed by atoms with Crippen LogP contribution in [0.1, 0.15) is 46.9 Å². The van der Waals surface area contributed by atoms with Gasteiger partial charge in [0, 0.05) is 5.56 Å². The molecule has 0 aromatic heterocycles. The summed E-state index contributed by atoms with van der Waals surface area (Å²) in [6.45, 7) is 6.65. The Morgan fingerprint density at radius 1 is 0.970 bits per heavy atom. The van der Waals surface area contributed by atoms with Gasteiger partial charge in [-0.3, -0.25) is 9.10 Å². The Hall–Kier alpha value is -3.32. The predicted octanol–water partition coefficient (Wildman–Crippen LogP) is 4.85. The van der Waals surface area contributed by atoms with Gasteiger partial charge in [0.25, 0.3) is 5.91 Å². The SMILES string of the molecule is CCOc1ccc([C@@H](C)NC(=O)c2ccc(N(Cc3ccc(C)cc3)S(C)(=O)=O)cc2)cc1. The first-order valence-electron chi connectivity index (χ1n) is 10.8. The zero-order valence-electron chi connectivity index (χ0n) is 19.4. The van der Waals surface area contributed by atoms with Crippen LogP contribution in [0.5, 0.6) is 5.75 Å². The summed E-state index contributed by atoms with van der Waals surface area (Å²) < 4.78 is 31.6. The summed E-state index contributed by atoms with van der Waals surface area (Å²) >= 11 is 0. The van der Waals surface area contributed by atoms with Gasteiger partial charge in [0.15, 0.2) is 0 Å². The smallest absolute Gasteiger partial charge is 0.251 e. The lowest BCUT2D eigenvalue weighted by Gasteiger charge is -2.23. The molecule has 0 spiro atoms. The Balaban J connectivity index is 1.71. The highest BCUT2D eigenvalue weighted by molar-refractivity contribution is 7.92. The molecular formula is C26H30N2O4S. The minimum absolute atomic E-state index is 0.193. The second-order valence-corrected chi connectivity index (χ2v) is 9.91. The van der Waals surface area contributed by atoms with E-state index in [1.54, 1.807) is 24.3 Å². The molecule has 6 nitrogen and oxygen atoms in total. The maximum atomic E-state index is 12.7. The number of sulfonamides is 1. The van der Waals surface area contributed by atoms with Crippen LogP contribution in [-0.2, 0) is 16.6 Å². The van der Waals surface area contributed by atoms with Gasteiger partial charge >= 0.3 is 0 Å². The van der Waals surface area contributed by atoms with E-state index in [4.69, 9.17) is 4.74 Å². The van der Waals surface area contributed by atoms with Gasteiger partial charge in [-0.1, -0.05) is 42.0 Å². The minimum atomic E-state index is -3.50. The van der Waals surface area contributed by atoms with E-state index in [0.29, 0.717) is 17.9 Å². The molecule has 1 N–H and O–H groups in total. The van der Waals surface area contributed by atoms with E-state index in [0.717, 1.165) is 22.4 Å². The van der Waals surface area contributed by atoms with E-state index in [2.05, 4.69) is 5.32 Å². The quantitative estimate of drug-likeness (QED) is 0.489. The number of anilines is 1. The van der Waals surface area contributed by atoms with Crippen LogP contribution in [-0.4, -0.2) is 27.2 Å². The molecule has 3 aromatic rings. The van der Waals surface area contributed by atoms with Crippen LogP contribution in [0.2, 0.25) is 0 Å². The summed E-state index contributed by atoms with van der Waals surface area (Å²) in [6.07, 6.45) is 1.18. The highest BCUT2D eigenvalue weighted by atomic mass is 32.2. The molecule has 0 heterocycles. The highest BCUT2D eigenvalue weighted by Gasteiger charge is 2.19. The third-order valence-electron chi connectivity index (χ3n) is 5.30. The minimum Gasteiger partial charge on any atom is -0.494 e. The standard InChI is InChI=1S/C26H30N2O4S/c1-5-32-25-16-12-22(13-17-25)20(3)27-26(29)23-10-14-24(15-11-23)28(33(4,30)31)18-21-8-6-19(2)7-9-21/h6-17,20H,5,18H2,1-4H3,(H,27,29)/t20-/m1/s1. The molecule has 3 rings (SSSR count). The van der Waals surface area contributed by atoms with Gasteiger partial charge in [-0.25, -0.2) is 8.42 Å². The van der Waals surface area contributed by atoms with Crippen molar-refractivity contribution in [3.05, 3.63) is 95.1 Å². The number of ether oxygens (including phenoxy) is 1. The molecule has 0 unspecified atom stereocenters. The largest absolute Gasteiger partial charge is 0.494 e. The van der Waals surface area contributed by atoms with Crippen molar-refractivity contribution in [2.24, 2.45) is 0 Å². The van der Waals surface area contributed by atoms with Gasteiger partial charge in [-0.2, -0.15) is 0 Å². The van der Waals surface area contributed by atoms with E-state index in [1.165, 1.54) is 10.6 Å². The molecule has 0 fully saturated rings. The van der Waals surface area contributed by atoms with Gasteiger partial charge < -0.3 is 10.1 Å². The molecule has 0 aliphatic carbocycles. The Morgan fingerprint density at radius 3 is 2.12 bits per heavy atom. The van der Waals surface area contributed by atoms with Crippen molar-refractivity contribution >= 4 is 21.6 Å². The molecule has 174 valence electrons. The summed E-state index contributed by atoms with van der Waals surface area (Å²) in [7, 11) is -3.50. The van der Waals surface area contributed by atoms with Gasteiger partial charge in [0.1, 0.15) is 5.75 Å². The molecule has 0 bridgehead atoms. The third kappa shape index (κ3) is 6.58. The highest BCUT2D eigenvalue weighted by Crippen LogP contribution is 2.22. The molecule has 7 heteroatoms. The van der Waals surface area contributed by atoms with Crippen molar-refractivity contribution in [2.75, 3.05) is 17.2 Å². The summed E-state index contributed by atoms with van der Waals surface area (Å²) in [4.78, 5) is 12.7. The number of carbonyl (C=O) groups is 1. The molecule has 1 atom stereocenters. The lowest BCUT2D eigenvalue weighted by Crippen LogP contribution is -2.29. The van der Waals surface area contributed by atoms with Crippen molar-refractivity contribution in [1.82, 2.24) is 5.32 Å². The number of nitrogens with zero attached hydrogens (tertiary/aromatic N) is 1. The average molecular weight is 467 g/mol. The Bertz CT molecular complexity index is 1170. The number of rotatable bonds is 9. The normalized spacial score (nSPS) is 12.1. The van der Waals surface area contributed by atoms with Crippen LogP contribution in [0.25, 0.3) is 0 Å². The summed E-state index contributed by atoms with van der Waals surface area (Å²) in [6, 6.07) is 21.8. The van der Waals surface area contributed by atoms with Crippen molar-refractivity contribution in [3.8, 4) is 5.75 Å². The number of aryl methyl sites for hydroxylation is 1. The van der Waals surface area contributed by atoms with Crippen LogP contribution in [0.4, 0.5) is 5.69 Å². The van der Waals surface area contributed by atoms with E-state index in [9.17, 15) is 13.2 Å². The molecule has 0 saturated carbocycles. The Labute approximate surface area is 196 Å². The molecule has 0 radical (unpaired) electrons. The second kappa shape index (κ2) is 10.5. The van der Waals surface area contributed by atoms with Crippen molar-refractivity contribution in [2.45, 2.75) is 33.4 Å².